The molecule has 0 radical (unpaired) electrons. The smallest absolute Gasteiger partial charge is 0.326 e. The maximum absolute atomic E-state index is 12.2. The fraction of sp³-hybridized carbons (Fsp3) is 0.286. The third kappa shape index (κ3) is 5.54. The van der Waals surface area contributed by atoms with Crippen molar-refractivity contribution in [2.75, 3.05) is 18.5 Å². The number of aryl methyl sites for hydroxylation is 1. The molecule has 1 amide bonds. The molecule has 31 heavy (non-hydrogen) atoms. The molecule has 0 aliphatic rings. The third-order valence-corrected chi connectivity index (χ3v) is 5.67. The summed E-state index contributed by atoms with van der Waals surface area (Å²) in [5.41, 5.74) is 1.08. The van der Waals surface area contributed by atoms with Gasteiger partial charge in [0.15, 0.2) is 0 Å². The van der Waals surface area contributed by atoms with Crippen molar-refractivity contribution < 1.29 is 24.6 Å². The van der Waals surface area contributed by atoms with Crippen molar-refractivity contribution in [1.29, 1.82) is 0 Å². The predicted molar refractivity (Wildman–Crippen MR) is 117 cm³/mol. The van der Waals surface area contributed by atoms with Gasteiger partial charge in [0.1, 0.15) is 22.5 Å². The SMILES string of the molecule is Cc1nc(N(C)CCC(=O)NC(CC(=O)O)C(=O)O)c2cc(-c3ccccc3)sc2n1. The molecule has 0 fully saturated rings. The summed E-state index contributed by atoms with van der Waals surface area (Å²) in [6.45, 7) is 2.07. The van der Waals surface area contributed by atoms with E-state index in [1.165, 1.54) is 0 Å². The lowest BCUT2D eigenvalue weighted by Crippen LogP contribution is -2.43. The molecular formula is C21H22N4O5S. The first-order valence-corrected chi connectivity index (χ1v) is 10.3. The van der Waals surface area contributed by atoms with Crippen LogP contribution in [0, 0.1) is 6.92 Å². The zero-order valence-corrected chi connectivity index (χ0v) is 17.8. The molecule has 0 saturated carbocycles. The minimum Gasteiger partial charge on any atom is -0.481 e. The topological polar surface area (TPSA) is 133 Å². The summed E-state index contributed by atoms with van der Waals surface area (Å²) in [6, 6.07) is 10.5. The van der Waals surface area contributed by atoms with Crippen LogP contribution in [0.3, 0.4) is 0 Å². The van der Waals surface area contributed by atoms with Gasteiger partial charge in [0, 0.05) is 24.9 Å². The monoisotopic (exact) mass is 442 g/mol. The Morgan fingerprint density at radius 1 is 1.16 bits per heavy atom. The van der Waals surface area contributed by atoms with Crippen molar-refractivity contribution >= 4 is 45.2 Å². The van der Waals surface area contributed by atoms with Gasteiger partial charge in [-0.1, -0.05) is 30.3 Å². The number of benzene rings is 1. The third-order valence-electron chi connectivity index (χ3n) is 4.59. The van der Waals surface area contributed by atoms with Crippen molar-refractivity contribution in [3.63, 3.8) is 0 Å². The second-order valence-corrected chi connectivity index (χ2v) is 8.05. The van der Waals surface area contributed by atoms with Gasteiger partial charge in [0.25, 0.3) is 0 Å². The second kappa shape index (κ2) is 9.52. The molecule has 3 N–H and O–H groups in total. The predicted octanol–water partition coefficient (Wildman–Crippen LogP) is 2.54. The van der Waals surface area contributed by atoms with Gasteiger partial charge in [0.05, 0.1) is 11.8 Å². The van der Waals surface area contributed by atoms with Crippen LogP contribution in [-0.2, 0) is 14.4 Å². The summed E-state index contributed by atoms with van der Waals surface area (Å²) < 4.78 is 0. The highest BCUT2D eigenvalue weighted by molar-refractivity contribution is 7.21. The van der Waals surface area contributed by atoms with Crippen LogP contribution in [0.2, 0.25) is 0 Å². The number of carbonyl (C=O) groups excluding carboxylic acids is 1. The summed E-state index contributed by atoms with van der Waals surface area (Å²) in [5.74, 6) is -1.95. The highest BCUT2D eigenvalue weighted by Crippen LogP contribution is 2.36. The highest BCUT2D eigenvalue weighted by atomic mass is 32.1. The minimum absolute atomic E-state index is 0.0138. The van der Waals surface area contributed by atoms with E-state index >= 15 is 0 Å². The molecule has 0 bridgehead atoms. The van der Waals surface area contributed by atoms with Crippen LogP contribution < -0.4 is 10.2 Å². The van der Waals surface area contributed by atoms with Gasteiger partial charge >= 0.3 is 11.9 Å². The first-order chi connectivity index (χ1) is 14.7. The molecule has 1 unspecified atom stereocenters. The summed E-state index contributed by atoms with van der Waals surface area (Å²) in [7, 11) is 1.79. The first-order valence-electron chi connectivity index (χ1n) is 9.53. The Morgan fingerprint density at radius 3 is 2.52 bits per heavy atom. The van der Waals surface area contributed by atoms with Gasteiger partial charge in [0.2, 0.25) is 5.91 Å². The number of amides is 1. The number of thiophene rings is 1. The molecule has 2 aromatic heterocycles. The molecule has 0 aliphatic carbocycles. The van der Waals surface area contributed by atoms with Crippen LogP contribution in [0.1, 0.15) is 18.7 Å². The van der Waals surface area contributed by atoms with E-state index in [0.29, 0.717) is 11.6 Å². The second-order valence-electron chi connectivity index (χ2n) is 7.02. The number of carboxylic acids is 2. The zero-order chi connectivity index (χ0) is 22.5. The Bertz CT molecular complexity index is 1120. The summed E-state index contributed by atoms with van der Waals surface area (Å²) in [6.07, 6.45) is -0.695. The number of aromatic nitrogens is 2. The van der Waals surface area contributed by atoms with E-state index in [-0.39, 0.29) is 13.0 Å². The lowest BCUT2D eigenvalue weighted by Gasteiger charge is -2.20. The van der Waals surface area contributed by atoms with Gasteiger partial charge < -0.3 is 20.4 Å². The molecule has 1 aromatic carbocycles. The van der Waals surface area contributed by atoms with E-state index < -0.39 is 30.3 Å². The fourth-order valence-corrected chi connectivity index (χ4v) is 4.14. The number of carboxylic acid groups (broad SMARTS) is 2. The number of nitrogens with one attached hydrogen (secondary N) is 1. The molecule has 2 heterocycles. The maximum Gasteiger partial charge on any atom is 0.326 e. The van der Waals surface area contributed by atoms with Gasteiger partial charge in [-0.15, -0.1) is 11.3 Å². The van der Waals surface area contributed by atoms with E-state index in [9.17, 15) is 14.4 Å². The normalized spacial score (nSPS) is 11.8. The molecule has 1 atom stereocenters. The molecular weight excluding hydrogens is 420 g/mol. The Morgan fingerprint density at radius 2 is 1.87 bits per heavy atom. The highest BCUT2D eigenvalue weighted by Gasteiger charge is 2.23. The van der Waals surface area contributed by atoms with Crippen molar-refractivity contribution in [3.05, 3.63) is 42.2 Å². The molecule has 0 aliphatic heterocycles. The van der Waals surface area contributed by atoms with Crippen LogP contribution in [-0.4, -0.2) is 57.7 Å². The first kappa shape index (κ1) is 22.2. The van der Waals surface area contributed by atoms with Crippen LogP contribution in [0.15, 0.2) is 36.4 Å². The number of hydrogen-bond donors (Lipinski definition) is 3. The number of aliphatic carboxylic acids is 2. The molecule has 3 aromatic rings. The van der Waals surface area contributed by atoms with E-state index in [0.717, 1.165) is 20.7 Å². The van der Waals surface area contributed by atoms with Crippen molar-refractivity contribution in [2.24, 2.45) is 0 Å². The number of carbonyl (C=O) groups is 3. The lowest BCUT2D eigenvalue weighted by molar-refractivity contribution is -0.147. The Labute approximate surface area is 182 Å². The van der Waals surface area contributed by atoms with E-state index in [2.05, 4.69) is 15.3 Å². The summed E-state index contributed by atoms with van der Waals surface area (Å²) >= 11 is 1.56. The lowest BCUT2D eigenvalue weighted by atomic mass is 10.2. The number of hydrogen-bond acceptors (Lipinski definition) is 7. The standard InChI is InChI=1S/C21H22N4O5S/c1-12-22-19(14-10-16(31-20(14)23-12)13-6-4-3-5-7-13)25(2)9-8-17(26)24-15(21(29)30)11-18(27)28/h3-7,10,15H,8-9,11H2,1-2H3,(H,24,26)(H,27,28)(H,29,30). The maximum atomic E-state index is 12.2. The van der Waals surface area contributed by atoms with Crippen LogP contribution in [0.5, 0.6) is 0 Å². The largest absolute Gasteiger partial charge is 0.481 e. The quantitative estimate of drug-likeness (QED) is 0.460. The number of nitrogens with zero attached hydrogens (tertiary/aromatic N) is 3. The van der Waals surface area contributed by atoms with Crippen LogP contribution >= 0.6 is 11.3 Å². The fourth-order valence-electron chi connectivity index (χ4n) is 3.06. The summed E-state index contributed by atoms with van der Waals surface area (Å²) in [5, 5.41) is 21.0. The Kier molecular flexibility index (Phi) is 6.81. The molecule has 10 heteroatoms. The number of fused-ring (bicyclic) bond motifs is 1. The molecule has 9 nitrogen and oxygen atoms in total. The van der Waals surface area contributed by atoms with Gasteiger partial charge in [-0.25, -0.2) is 14.8 Å². The molecule has 162 valence electrons. The van der Waals surface area contributed by atoms with E-state index in [1.807, 2.05) is 41.3 Å². The molecule has 0 spiro atoms. The van der Waals surface area contributed by atoms with Crippen LogP contribution in [0.4, 0.5) is 5.82 Å². The minimum atomic E-state index is -1.46. The van der Waals surface area contributed by atoms with Crippen LogP contribution in [0.25, 0.3) is 20.7 Å². The molecule has 0 saturated heterocycles. The summed E-state index contributed by atoms with van der Waals surface area (Å²) in [4.78, 5) is 46.8. The van der Waals surface area contributed by atoms with Gasteiger partial charge in [-0.05, 0) is 18.6 Å². The van der Waals surface area contributed by atoms with Crippen molar-refractivity contribution in [2.45, 2.75) is 25.8 Å². The van der Waals surface area contributed by atoms with Gasteiger partial charge in [-0.3, -0.25) is 9.59 Å². The Balaban J connectivity index is 1.75. The van der Waals surface area contributed by atoms with Gasteiger partial charge in [-0.2, -0.15) is 0 Å². The van der Waals surface area contributed by atoms with E-state index in [1.54, 1.807) is 25.3 Å². The molecule has 3 rings (SSSR count). The van der Waals surface area contributed by atoms with Crippen molar-refractivity contribution in [3.8, 4) is 10.4 Å². The Hall–Kier alpha value is -3.53. The van der Waals surface area contributed by atoms with Crippen molar-refractivity contribution in [1.82, 2.24) is 15.3 Å². The number of rotatable bonds is 9. The zero-order valence-electron chi connectivity index (χ0n) is 17.0. The average molecular weight is 442 g/mol. The number of anilines is 1. The average Bonchev–Trinajstić information content (AvgIpc) is 3.15. The van der Waals surface area contributed by atoms with E-state index in [4.69, 9.17) is 10.2 Å².